The molecule has 0 radical (unpaired) electrons. The molecule has 0 atom stereocenters. The molecule has 1 aromatic heterocycles. The summed E-state index contributed by atoms with van der Waals surface area (Å²) in [5.74, 6) is -1.09. The minimum Gasteiger partial charge on any atom is -0.461 e. The minimum atomic E-state index is -3.55. The molecule has 0 amide bonds. The van der Waals surface area contributed by atoms with E-state index < -0.39 is 21.6 Å². The van der Waals surface area contributed by atoms with E-state index in [1.165, 1.54) is 12.1 Å². The number of hydrogen-bond donors (Lipinski definition) is 0. The monoisotopic (exact) mass is 295 g/mol. The van der Waals surface area contributed by atoms with Crippen LogP contribution in [0.1, 0.15) is 23.3 Å². The molecule has 106 valence electrons. The first-order valence-electron chi connectivity index (χ1n) is 5.92. The summed E-state index contributed by atoms with van der Waals surface area (Å²) in [5.41, 5.74) is -0.0369. The van der Waals surface area contributed by atoms with Gasteiger partial charge >= 0.3 is 5.97 Å². The Morgan fingerprint density at radius 2 is 2.00 bits per heavy atom. The fourth-order valence-electron chi connectivity index (χ4n) is 1.55. The van der Waals surface area contributed by atoms with Crippen molar-refractivity contribution < 1.29 is 22.4 Å². The summed E-state index contributed by atoms with van der Waals surface area (Å²) in [7, 11) is -3.55. The first-order chi connectivity index (χ1) is 9.53. The molecule has 2 rings (SSSR count). The number of rotatable bonds is 5. The van der Waals surface area contributed by atoms with Gasteiger partial charge in [-0.2, -0.15) is 0 Å². The van der Waals surface area contributed by atoms with Gasteiger partial charge in [0.1, 0.15) is 12.0 Å². The number of sulfone groups is 1. The van der Waals surface area contributed by atoms with E-state index in [4.69, 9.17) is 9.15 Å². The third kappa shape index (κ3) is 3.24. The van der Waals surface area contributed by atoms with Crippen molar-refractivity contribution in [1.29, 1.82) is 0 Å². The highest BCUT2D eigenvalue weighted by Crippen LogP contribution is 2.16. The van der Waals surface area contributed by atoms with Crippen LogP contribution in [0.3, 0.4) is 0 Å². The molecule has 0 N–H and O–H groups in total. The molecule has 0 saturated heterocycles. The van der Waals surface area contributed by atoms with Crippen LogP contribution in [0.4, 0.5) is 0 Å². The van der Waals surface area contributed by atoms with Crippen LogP contribution in [0.15, 0.2) is 45.9 Å². The second-order valence-corrected chi connectivity index (χ2v) is 5.91. The lowest BCUT2D eigenvalue weighted by Gasteiger charge is -2.00. The zero-order valence-electron chi connectivity index (χ0n) is 10.8. The van der Waals surface area contributed by atoms with E-state index in [9.17, 15) is 13.2 Å². The van der Waals surface area contributed by atoms with Crippen LogP contribution in [0.2, 0.25) is 0 Å². The molecule has 0 aliphatic carbocycles. The van der Waals surface area contributed by atoms with Gasteiger partial charge in [0.25, 0.3) is 0 Å². The summed E-state index contributed by atoms with van der Waals surface area (Å²) in [5, 5.41) is 0. The number of carbonyl (C=O) groups is 1. The minimum absolute atomic E-state index is 0.0369. The van der Waals surface area contributed by atoms with E-state index in [0.29, 0.717) is 0 Å². The first-order valence-corrected chi connectivity index (χ1v) is 7.57. The number of ether oxygens (including phenoxy) is 1. The van der Waals surface area contributed by atoms with E-state index in [1.807, 2.05) is 0 Å². The Hall–Kier alpha value is -2.15. The number of oxazole rings is 1. The Morgan fingerprint density at radius 3 is 2.65 bits per heavy atom. The summed E-state index contributed by atoms with van der Waals surface area (Å²) < 4.78 is 33.9. The van der Waals surface area contributed by atoms with Crippen molar-refractivity contribution in [1.82, 2.24) is 4.98 Å². The fourth-order valence-corrected chi connectivity index (χ4v) is 2.75. The second kappa shape index (κ2) is 5.87. The van der Waals surface area contributed by atoms with E-state index in [1.54, 1.807) is 25.1 Å². The third-order valence-electron chi connectivity index (χ3n) is 2.45. The maximum atomic E-state index is 12.1. The largest absolute Gasteiger partial charge is 0.461 e. The number of hydrogen-bond acceptors (Lipinski definition) is 6. The first kappa shape index (κ1) is 14.3. The fraction of sp³-hybridized carbons (Fsp3) is 0.231. The summed E-state index contributed by atoms with van der Waals surface area (Å²) in [6, 6.07) is 7.97. The quantitative estimate of drug-likeness (QED) is 0.782. The smallest absolute Gasteiger partial charge is 0.360 e. The van der Waals surface area contributed by atoms with E-state index in [-0.39, 0.29) is 23.1 Å². The highest BCUT2D eigenvalue weighted by Gasteiger charge is 2.20. The van der Waals surface area contributed by atoms with E-state index in [0.717, 1.165) is 6.26 Å². The lowest BCUT2D eigenvalue weighted by molar-refractivity contribution is 0.0519. The molecular weight excluding hydrogens is 282 g/mol. The lowest BCUT2D eigenvalue weighted by Crippen LogP contribution is -2.07. The Morgan fingerprint density at radius 1 is 1.30 bits per heavy atom. The molecule has 1 heterocycles. The third-order valence-corrected chi connectivity index (χ3v) is 4.07. The standard InChI is InChI=1S/C13H13NO5S/c1-2-18-13(15)11-8-19-12(14-11)9-20(16,17)10-6-4-3-5-7-10/h3-8H,2,9H2,1H3. The van der Waals surface area contributed by atoms with E-state index in [2.05, 4.69) is 4.98 Å². The van der Waals surface area contributed by atoms with E-state index >= 15 is 0 Å². The molecule has 0 saturated carbocycles. The van der Waals surface area contributed by atoms with Crippen LogP contribution in [0.25, 0.3) is 0 Å². The predicted molar refractivity (Wildman–Crippen MR) is 69.8 cm³/mol. The average Bonchev–Trinajstić information content (AvgIpc) is 2.88. The highest BCUT2D eigenvalue weighted by atomic mass is 32.2. The Kier molecular flexibility index (Phi) is 4.19. The van der Waals surface area contributed by atoms with Gasteiger partial charge in [-0.25, -0.2) is 18.2 Å². The molecular formula is C13H13NO5S. The molecule has 0 aliphatic rings. The van der Waals surface area contributed by atoms with Crippen molar-refractivity contribution in [3.05, 3.63) is 48.2 Å². The van der Waals surface area contributed by atoms with Gasteiger partial charge < -0.3 is 9.15 Å². The summed E-state index contributed by atoms with van der Waals surface area (Å²) in [6.45, 7) is 1.88. The number of carbonyl (C=O) groups excluding carboxylic acids is 1. The highest BCUT2D eigenvalue weighted by molar-refractivity contribution is 7.90. The SMILES string of the molecule is CCOC(=O)c1coc(CS(=O)(=O)c2ccccc2)n1. The molecule has 7 heteroatoms. The van der Waals surface area contributed by atoms with Gasteiger partial charge in [-0.05, 0) is 19.1 Å². The molecule has 0 unspecified atom stereocenters. The molecule has 20 heavy (non-hydrogen) atoms. The van der Waals surface area contributed by atoms with Gasteiger partial charge in [0.15, 0.2) is 15.5 Å². The Balaban J connectivity index is 2.17. The topological polar surface area (TPSA) is 86.5 Å². The van der Waals surface area contributed by atoms with Crippen molar-refractivity contribution >= 4 is 15.8 Å². The lowest BCUT2D eigenvalue weighted by atomic mass is 10.4. The summed E-state index contributed by atoms with van der Waals surface area (Å²) >= 11 is 0. The van der Waals surface area contributed by atoms with Crippen molar-refractivity contribution in [3.63, 3.8) is 0 Å². The zero-order chi connectivity index (χ0) is 14.6. The van der Waals surface area contributed by atoms with Crippen LogP contribution in [-0.4, -0.2) is 26.0 Å². The molecule has 0 bridgehead atoms. The van der Waals surface area contributed by atoms with Crippen molar-refractivity contribution in [3.8, 4) is 0 Å². The molecule has 0 fully saturated rings. The Labute approximate surface area is 116 Å². The number of aromatic nitrogens is 1. The van der Waals surface area contributed by atoms with Crippen LogP contribution >= 0.6 is 0 Å². The van der Waals surface area contributed by atoms with Gasteiger partial charge in [0.2, 0.25) is 5.89 Å². The molecule has 2 aromatic rings. The summed E-state index contributed by atoms with van der Waals surface area (Å²) in [6.07, 6.45) is 1.09. The van der Waals surface area contributed by atoms with Crippen LogP contribution < -0.4 is 0 Å². The van der Waals surface area contributed by atoms with Gasteiger partial charge in [-0.3, -0.25) is 0 Å². The maximum Gasteiger partial charge on any atom is 0.360 e. The molecule has 0 aliphatic heterocycles. The van der Waals surface area contributed by atoms with Crippen LogP contribution in [-0.2, 0) is 20.3 Å². The van der Waals surface area contributed by atoms with Gasteiger partial charge in [-0.15, -0.1) is 0 Å². The van der Waals surface area contributed by atoms with Crippen LogP contribution in [0, 0.1) is 0 Å². The molecule has 6 nitrogen and oxygen atoms in total. The van der Waals surface area contributed by atoms with Crippen LogP contribution in [0.5, 0.6) is 0 Å². The predicted octanol–water partition coefficient (Wildman–Crippen LogP) is 1.83. The van der Waals surface area contributed by atoms with Gasteiger partial charge in [-0.1, -0.05) is 18.2 Å². The average molecular weight is 295 g/mol. The number of esters is 1. The van der Waals surface area contributed by atoms with Gasteiger partial charge in [0, 0.05) is 0 Å². The molecule has 0 spiro atoms. The zero-order valence-corrected chi connectivity index (χ0v) is 11.6. The Bertz CT molecular complexity index is 691. The van der Waals surface area contributed by atoms with Gasteiger partial charge in [0.05, 0.1) is 11.5 Å². The maximum absolute atomic E-state index is 12.1. The van der Waals surface area contributed by atoms with Crippen molar-refractivity contribution in [2.24, 2.45) is 0 Å². The number of benzene rings is 1. The summed E-state index contributed by atoms with van der Waals surface area (Å²) in [4.78, 5) is 15.4. The van der Waals surface area contributed by atoms with Crippen molar-refractivity contribution in [2.75, 3.05) is 6.61 Å². The molecule has 1 aromatic carbocycles. The second-order valence-electron chi connectivity index (χ2n) is 3.92. The van der Waals surface area contributed by atoms with Crippen molar-refractivity contribution in [2.45, 2.75) is 17.6 Å². The normalized spacial score (nSPS) is 11.2. The number of nitrogens with zero attached hydrogens (tertiary/aromatic N) is 1.